The Hall–Kier alpha value is -1.84. The molecule has 0 unspecified atom stereocenters. The highest BCUT2D eigenvalue weighted by atomic mass is 127. The fourth-order valence-electron chi connectivity index (χ4n) is 4.36. The molecule has 2 aromatic carbocycles. The lowest BCUT2D eigenvalue weighted by Crippen LogP contribution is -2.38. The van der Waals surface area contributed by atoms with Crippen LogP contribution in [0.15, 0.2) is 47.5 Å². The molecule has 174 valence electrons. The maximum absolute atomic E-state index is 6.11. The Morgan fingerprint density at radius 2 is 1.97 bits per heavy atom. The third-order valence-corrected chi connectivity index (χ3v) is 6.23. The number of nitrogens with one attached hydrogen (secondary N) is 1. The second-order valence-electron chi connectivity index (χ2n) is 8.48. The zero-order valence-electron chi connectivity index (χ0n) is 18.9. The van der Waals surface area contributed by atoms with Crippen LogP contribution in [0.2, 0.25) is 0 Å². The van der Waals surface area contributed by atoms with Gasteiger partial charge in [0, 0.05) is 31.5 Å². The van der Waals surface area contributed by atoms with Crippen molar-refractivity contribution in [1.82, 2.24) is 4.90 Å². The molecule has 1 fully saturated rings. The van der Waals surface area contributed by atoms with E-state index in [1.165, 1.54) is 24.0 Å². The third-order valence-electron chi connectivity index (χ3n) is 6.23. The van der Waals surface area contributed by atoms with Gasteiger partial charge in [0.2, 0.25) is 0 Å². The molecule has 1 aliphatic heterocycles. The molecule has 1 saturated heterocycles. The van der Waals surface area contributed by atoms with Gasteiger partial charge in [-0.05, 0) is 80.1 Å². The summed E-state index contributed by atoms with van der Waals surface area (Å²) in [6, 6.07) is 15.2. The average Bonchev–Trinajstić information content (AvgIpc) is 3.26. The molecule has 1 heterocycles. The Morgan fingerprint density at radius 3 is 2.81 bits per heavy atom. The highest BCUT2D eigenvalue weighted by molar-refractivity contribution is 14.0. The van der Waals surface area contributed by atoms with Crippen LogP contribution in [0.5, 0.6) is 5.75 Å². The van der Waals surface area contributed by atoms with Crippen LogP contribution in [-0.4, -0.2) is 50.3 Å². The van der Waals surface area contributed by atoms with E-state index in [0.717, 1.165) is 56.0 Å². The average molecular weight is 550 g/mol. The first-order chi connectivity index (χ1) is 15.2. The van der Waals surface area contributed by atoms with Crippen molar-refractivity contribution in [1.29, 1.82) is 0 Å². The number of anilines is 1. The fourth-order valence-corrected chi connectivity index (χ4v) is 4.36. The van der Waals surface area contributed by atoms with Gasteiger partial charge < -0.3 is 20.5 Å². The van der Waals surface area contributed by atoms with Crippen molar-refractivity contribution in [2.75, 3.05) is 38.7 Å². The number of rotatable bonds is 8. The van der Waals surface area contributed by atoms with Crippen LogP contribution in [0.3, 0.4) is 0 Å². The van der Waals surface area contributed by atoms with Gasteiger partial charge >= 0.3 is 0 Å². The minimum Gasteiger partial charge on any atom is -0.492 e. The van der Waals surface area contributed by atoms with Crippen LogP contribution in [0, 0.1) is 0 Å². The summed E-state index contributed by atoms with van der Waals surface area (Å²) in [5.74, 6) is 1.31. The first-order valence-electron chi connectivity index (χ1n) is 11.4. The molecule has 0 radical (unpaired) electrons. The normalized spacial score (nSPS) is 16.5. The zero-order chi connectivity index (χ0) is 21.5. The van der Waals surface area contributed by atoms with Crippen LogP contribution < -0.4 is 15.8 Å². The van der Waals surface area contributed by atoms with Crippen LogP contribution in [0.1, 0.15) is 36.0 Å². The molecule has 0 saturated carbocycles. The van der Waals surface area contributed by atoms with Gasteiger partial charge in [0.05, 0.1) is 6.54 Å². The summed E-state index contributed by atoms with van der Waals surface area (Å²) in [4.78, 5) is 6.88. The van der Waals surface area contributed by atoms with E-state index in [-0.39, 0.29) is 24.0 Å². The van der Waals surface area contributed by atoms with Crippen molar-refractivity contribution in [3.63, 3.8) is 0 Å². The Bertz CT molecular complexity index is 899. The predicted octanol–water partition coefficient (Wildman–Crippen LogP) is 4.21. The highest BCUT2D eigenvalue weighted by Gasteiger charge is 2.18. The lowest BCUT2D eigenvalue weighted by Gasteiger charge is -2.31. The molecule has 2 aliphatic rings. The summed E-state index contributed by atoms with van der Waals surface area (Å²) in [6.07, 6.45) is 5.78. The number of nitrogens with zero attached hydrogens (tertiary/aromatic N) is 2. The Morgan fingerprint density at radius 1 is 1.16 bits per heavy atom. The van der Waals surface area contributed by atoms with Crippen molar-refractivity contribution < 1.29 is 9.47 Å². The Labute approximate surface area is 208 Å². The number of aryl methyl sites for hydroxylation is 2. The molecule has 0 atom stereocenters. The molecule has 0 spiro atoms. The van der Waals surface area contributed by atoms with Crippen molar-refractivity contribution in [2.45, 2.75) is 44.7 Å². The quantitative estimate of drug-likeness (QED) is 0.293. The predicted molar refractivity (Wildman–Crippen MR) is 141 cm³/mol. The number of ether oxygens (including phenoxy) is 2. The van der Waals surface area contributed by atoms with Gasteiger partial charge in [-0.25, -0.2) is 4.99 Å². The summed E-state index contributed by atoms with van der Waals surface area (Å²) in [5.41, 5.74) is 11.1. The third kappa shape index (κ3) is 7.08. The molecule has 4 rings (SSSR count). The molecule has 6 nitrogen and oxygen atoms in total. The molecule has 2 aromatic rings. The summed E-state index contributed by atoms with van der Waals surface area (Å²) in [5, 5.41) is 3.22. The molecule has 0 bridgehead atoms. The molecule has 1 aliphatic carbocycles. The van der Waals surface area contributed by atoms with Crippen molar-refractivity contribution in [3.05, 3.63) is 59.2 Å². The van der Waals surface area contributed by atoms with Gasteiger partial charge in [-0.15, -0.1) is 24.0 Å². The topological polar surface area (TPSA) is 72.1 Å². The first-order valence-corrected chi connectivity index (χ1v) is 11.4. The summed E-state index contributed by atoms with van der Waals surface area (Å²) < 4.78 is 11.4. The molecule has 0 amide bonds. The maximum Gasteiger partial charge on any atom is 0.193 e. The van der Waals surface area contributed by atoms with E-state index in [1.807, 2.05) is 24.3 Å². The van der Waals surface area contributed by atoms with E-state index in [4.69, 9.17) is 15.2 Å². The Kier molecular flexibility index (Phi) is 9.62. The number of likely N-dealkylation sites (N-methyl/N-ethyl adjacent to an activating group) is 1. The van der Waals surface area contributed by atoms with Crippen LogP contribution in [0.4, 0.5) is 5.69 Å². The SMILES string of the molecule is CN(CCOc1cccc(CN=C(N)Nc2ccc3c(c2)CCC3)c1)C1CCOCC1.I. The molecular weight excluding hydrogens is 515 g/mol. The van der Waals surface area contributed by atoms with E-state index < -0.39 is 0 Å². The van der Waals surface area contributed by atoms with E-state index in [9.17, 15) is 0 Å². The van der Waals surface area contributed by atoms with E-state index in [1.54, 1.807) is 0 Å². The standard InChI is InChI=1S/C25H34N4O2.HI/c1-29(23-10-13-30-14-11-23)12-15-31-24-7-2-4-19(16-24)18-27-25(26)28-22-9-8-20-5-3-6-21(20)17-22;/h2,4,7-9,16-17,23H,3,5-6,10-15,18H2,1H3,(H3,26,27,28);1H. The number of halogens is 1. The minimum atomic E-state index is 0. The van der Waals surface area contributed by atoms with E-state index >= 15 is 0 Å². The van der Waals surface area contributed by atoms with Crippen LogP contribution in [0.25, 0.3) is 0 Å². The van der Waals surface area contributed by atoms with Gasteiger partial charge in [0.1, 0.15) is 12.4 Å². The number of guanidine groups is 1. The van der Waals surface area contributed by atoms with Gasteiger partial charge in [-0.2, -0.15) is 0 Å². The lowest BCUT2D eigenvalue weighted by molar-refractivity contribution is 0.0392. The van der Waals surface area contributed by atoms with Gasteiger partial charge in [-0.1, -0.05) is 18.2 Å². The highest BCUT2D eigenvalue weighted by Crippen LogP contribution is 2.24. The van der Waals surface area contributed by atoms with Crippen molar-refractivity contribution in [2.24, 2.45) is 10.7 Å². The number of fused-ring (bicyclic) bond motifs is 1. The van der Waals surface area contributed by atoms with Gasteiger partial charge in [-0.3, -0.25) is 4.90 Å². The van der Waals surface area contributed by atoms with Crippen molar-refractivity contribution in [3.8, 4) is 5.75 Å². The number of nitrogens with two attached hydrogens (primary N) is 1. The number of hydrogen-bond acceptors (Lipinski definition) is 4. The molecule has 7 heteroatoms. The van der Waals surface area contributed by atoms with Crippen molar-refractivity contribution >= 4 is 35.6 Å². The molecular formula is C25H35IN4O2. The first kappa shape index (κ1) is 24.8. The molecule has 3 N–H and O–H groups in total. The zero-order valence-corrected chi connectivity index (χ0v) is 21.2. The second kappa shape index (κ2) is 12.4. The van der Waals surface area contributed by atoms with Crippen LogP contribution in [-0.2, 0) is 24.1 Å². The number of hydrogen-bond donors (Lipinski definition) is 2. The van der Waals surface area contributed by atoms with Gasteiger partial charge in [0.25, 0.3) is 0 Å². The monoisotopic (exact) mass is 550 g/mol. The van der Waals surface area contributed by atoms with Gasteiger partial charge in [0.15, 0.2) is 5.96 Å². The molecule has 32 heavy (non-hydrogen) atoms. The van der Waals surface area contributed by atoms with Crippen LogP contribution >= 0.6 is 24.0 Å². The van der Waals surface area contributed by atoms with E-state index in [2.05, 4.69) is 40.5 Å². The Balaban J connectivity index is 0.00000289. The number of benzene rings is 2. The largest absolute Gasteiger partial charge is 0.492 e. The molecule has 0 aromatic heterocycles. The smallest absolute Gasteiger partial charge is 0.193 e. The summed E-state index contributed by atoms with van der Waals surface area (Å²) in [7, 11) is 2.17. The maximum atomic E-state index is 6.11. The number of aliphatic imine (C=N–C) groups is 1. The fraction of sp³-hybridized carbons (Fsp3) is 0.480. The minimum absolute atomic E-state index is 0. The summed E-state index contributed by atoms with van der Waals surface area (Å²) >= 11 is 0. The summed E-state index contributed by atoms with van der Waals surface area (Å²) in [6.45, 7) is 3.82. The second-order valence-corrected chi connectivity index (χ2v) is 8.48. The van der Waals surface area contributed by atoms with E-state index in [0.29, 0.717) is 25.2 Å². The lowest BCUT2D eigenvalue weighted by atomic mass is 10.1.